The summed E-state index contributed by atoms with van der Waals surface area (Å²) in [7, 11) is 0. The fraction of sp³-hybridized carbons (Fsp3) is 0.294. The van der Waals surface area contributed by atoms with Crippen molar-refractivity contribution in [2.24, 2.45) is 5.73 Å². The molecule has 0 aliphatic carbocycles. The van der Waals surface area contributed by atoms with E-state index in [4.69, 9.17) is 17.3 Å². The zero-order valence-corrected chi connectivity index (χ0v) is 12.8. The summed E-state index contributed by atoms with van der Waals surface area (Å²) >= 11 is 5.94. The number of piperazine rings is 1. The molecule has 1 saturated heterocycles. The molecule has 1 heterocycles. The number of hydrogen-bond acceptors (Lipinski definition) is 3. The molecule has 0 amide bonds. The lowest BCUT2D eigenvalue weighted by molar-refractivity contribution is 0.653. The van der Waals surface area contributed by atoms with E-state index in [1.807, 2.05) is 12.1 Å². The summed E-state index contributed by atoms with van der Waals surface area (Å²) in [5.41, 5.74) is 9.35. The second-order valence-electron chi connectivity index (χ2n) is 5.32. The van der Waals surface area contributed by atoms with Gasteiger partial charge in [0.25, 0.3) is 0 Å². The monoisotopic (exact) mass is 301 g/mol. The molecular formula is C17H20ClN3. The fourth-order valence-corrected chi connectivity index (χ4v) is 2.84. The van der Waals surface area contributed by atoms with Gasteiger partial charge in [0, 0.05) is 49.1 Å². The van der Waals surface area contributed by atoms with Gasteiger partial charge in [-0.3, -0.25) is 0 Å². The lowest BCUT2D eigenvalue weighted by atomic mass is 10.1. The van der Waals surface area contributed by atoms with Crippen LogP contribution in [0.5, 0.6) is 0 Å². The van der Waals surface area contributed by atoms with Gasteiger partial charge in [-0.25, -0.2) is 0 Å². The van der Waals surface area contributed by atoms with Gasteiger partial charge in [-0.2, -0.15) is 0 Å². The van der Waals surface area contributed by atoms with Gasteiger partial charge in [0.1, 0.15) is 0 Å². The van der Waals surface area contributed by atoms with Crippen LogP contribution in [0.1, 0.15) is 5.56 Å². The topological polar surface area (TPSA) is 32.5 Å². The van der Waals surface area contributed by atoms with Crippen LogP contribution in [-0.4, -0.2) is 26.2 Å². The third kappa shape index (κ3) is 3.31. The van der Waals surface area contributed by atoms with Crippen LogP contribution in [0.2, 0.25) is 5.02 Å². The molecule has 0 atom stereocenters. The van der Waals surface area contributed by atoms with Crippen LogP contribution >= 0.6 is 11.6 Å². The quantitative estimate of drug-likeness (QED) is 0.945. The molecule has 0 unspecified atom stereocenters. The van der Waals surface area contributed by atoms with Crippen LogP contribution < -0.4 is 15.5 Å². The lowest BCUT2D eigenvalue weighted by Gasteiger charge is -2.37. The highest BCUT2D eigenvalue weighted by atomic mass is 35.5. The van der Waals surface area contributed by atoms with E-state index in [0.29, 0.717) is 6.54 Å². The summed E-state index contributed by atoms with van der Waals surface area (Å²) in [6.45, 7) is 4.72. The predicted molar refractivity (Wildman–Crippen MR) is 90.2 cm³/mol. The van der Waals surface area contributed by atoms with Crippen molar-refractivity contribution in [2.75, 3.05) is 36.0 Å². The molecule has 2 aromatic rings. The molecule has 110 valence electrons. The Morgan fingerprint density at radius 3 is 1.62 bits per heavy atom. The molecule has 1 aliphatic rings. The molecule has 3 nitrogen and oxygen atoms in total. The van der Waals surface area contributed by atoms with Gasteiger partial charge in [-0.05, 0) is 42.0 Å². The van der Waals surface area contributed by atoms with Gasteiger partial charge in [-0.15, -0.1) is 0 Å². The van der Waals surface area contributed by atoms with Crippen molar-refractivity contribution in [2.45, 2.75) is 6.54 Å². The summed E-state index contributed by atoms with van der Waals surface area (Å²) in [4.78, 5) is 4.83. The average molecular weight is 302 g/mol. The molecular weight excluding hydrogens is 282 g/mol. The minimum absolute atomic E-state index is 0.602. The summed E-state index contributed by atoms with van der Waals surface area (Å²) in [5, 5.41) is 0.789. The number of rotatable bonds is 3. The Kier molecular flexibility index (Phi) is 4.32. The summed E-state index contributed by atoms with van der Waals surface area (Å²) < 4.78 is 0. The highest BCUT2D eigenvalue weighted by Gasteiger charge is 2.17. The minimum atomic E-state index is 0.602. The molecule has 0 bridgehead atoms. The summed E-state index contributed by atoms with van der Waals surface area (Å²) in [6, 6.07) is 16.6. The largest absolute Gasteiger partial charge is 0.368 e. The van der Waals surface area contributed by atoms with E-state index in [0.717, 1.165) is 31.2 Å². The first-order valence-electron chi connectivity index (χ1n) is 7.31. The number of halogens is 1. The van der Waals surface area contributed by atoms with Gasteiger partial charge in [0.15, 0.2) is 0 Å². The number of anilines is 2. The van der Waals surface area contributed by atoms with Crippen LogP contribution in [0.25, 0.3) is 0 Å². The molecule has 4 heteroatoms. The summed E-state index contributed by atoms with van der Waals surface area (Å²) in [5.74, 6) is 0. The van der Waals surface area contributed by atoms with E-state index in [9.17, 15) is 0 Å². The highest BCUT2D eigenvalue weighted by Crippen LogP contribution is 2.22. The van der Waals surface area contributed by atoms with Crippen molar-refractivity contribution < 1.29 is 0 Å². The first-order valence-corrected chi connectivity index (χ1v) is 7.68. The smallest absolute Gasteiger partial charge is 0.0407 e. The van der Waals surface area contributed by atoms with Crippen LogP contribution in [0.3, 0.4) is 0 Å². The van der Waals surface area contributed by atoms with Gasteiger partial charge in [0.2, 0.25) is 0 Å². The van der Waals surface area contributed by atoms with Gasteiger partial charge >= 0.3 is 0 Å². The van der Waals surface area contributed by atoms with Crippen molar-refractivity contribution in [3.63, 3.8) is 0 Å². The van der Waals surface area contributed by atoms with Crippen molar-refractivity contribution in [1.82, 2.24) is 0 Å². The maximum absolute atomic E-state index is 5.94. The average Bonchev–Trinajstić information content (AvgIpc) is 2.56. The molecule has 2 N–H and O–H groups in total. The first kappa shape index (κ1) is 14.2. The lowest BCUT2D eigenvalue weighted by Crippen LogP contribution is -2.46. The number of nitrogens with zero attached hydrogens (tertiary/aromatic N) is 2. The second kappa shape index (κ2) is 6.37. The second-order valence-corrected chi connectivity index (χ2v) is 5.76. The van der Waals surface area contributed by atoms with Crippen molar-refractivity contribution in [3.05, 3.63) is 59.1 Å². The maximum Gasteiger partial charge on any atom is 0.0407 e. The zero-order valence-electron chi connectivity index (χ0n) is 12.0. The van der Waals surface area contributed by atoms with Crippen molar-refractivity contribution in [1.29, 1.82) is 0 Å². The molecule has 1 aliphatic heterocycles. The highest BCUT2D eigenvalue weighted by molar-refractivity contribution is 6.30. The number of benzene rings is 2. The molecule has 1 fully saturated rings. The Morgan fingerprint density at radius 2 is 1.19 bits per heavy atom. The molecule has 21 heavy (non-hydrogen) atoms. The van der Waals surface area contributed by atoms with Crippen molar-refractivity contribution in [3.8, 4) is 0 Å². The Bertz CT molecular complexity index is 572. The van der Waals surface area contributed by atoms with E-state index in [1.54, 1.807) is 0 Å². The number of hydrogen-bond donors (Lipinski definition) is 1. The molecule has 2 aromatic carbocycles. The summed E-state index contributed by atoms with van der Waals surface area (Å²) in [6.07, 6.45) is 0. The van der Waals surface area contributed by atoms with Crippen LogP contribution in [-0.2, 0) is 6.54 Å². The maximum atomic E-state index is 5.94. The molecule has 0 radical (unpaired) electrons. The van der Waals surface area contributed by atoms with E-state index < -0.39 is 0 Å². The molecule has 3 rings (SSSR count). The van der Waals surface area contributed by atoms with E-state index >= 15 is 0 Å². The van der Waals surface area contributed by atoms with E-state index in [1.165, 1.54) is 16.9 Å². The Balaban J connectivity index is 1.62. The third-order valence-corrected chi connectivity index (χ3v) is 4.26. The van der Waals surface area contributed by atoms with Crippen molar-refractivity contribution >= 4 is 23.0 Å². The SMILES string of the molecule is NCc1ccc(N2CCN(c3ccc(Cl)cc3)CC2)cc1. The number of nitrogens with two attached hydrogens (primary N) is 1. The van der Waals surface area contributed by atoms with E-state index in [2.05, 4.69) is 46.2 Å². The normalized spacial score (nSPS) is 15.3. The molecule has 0 aromatic heterocycles. The van der Waals surface area contributed by atoms with Gasteiger partial charge in [0.05, 0.1) is 0 Å². The predicted octanol–water partition coefficient (Wildman–Crippen LogP) is 3.13. The Morgan fingerprint density at radius 1 is 0.762 bits per heavy atom. The van der Waals surface area contributed by atoms with E-state index in [-0.39, 0.29) is 0 Å². The molecule has 0 saturated carbocycles. The standard InChI is InChI=1S/C17H20ClN3/c18-15-3-7-17(8-4-15)21-11-9-20(10-12-21)16-5-1-14(13-19)2-6-16/h1-8H,9-13,19H2. The van der Waals surface area contributed by atoms with Gasteiger partial charge in [-0.1, -0.05) is 23.7 Å². The van der Waals surface area contributed by atoms with Crippen LogP contribution in [0.15, 0.2) is 48.5 Å². The fourth-order valence-electron chi connectivity index (χ4n) is 2.72. The van der Waals surface area contributed by atoms with Gasteiger partial charge < -0.3 is 15.5 Å². The first-order chi connectivity index (χ1) is 10.3. The Hall–Kier alpha value is -1.71. The Labute approximate surface area is 130 Å². The third-order valence-electron chi connectivity index (χ3n) is 4.01. The molecule has 0 spiro atoms. The zero-order chi connectivity index (χ0) is 14.7. The minimum Gasteiger partial charge on any atom is -0.368 e. The van der Waals surface area contributed by atoms with Crippen LogP contribution in [0.4, 0.5) is 11.4 Å². The van der Waals surface area contributed by atoms with Crippen LogP contribution in [0, 0.1) is 0 Å².